The predicted octanol–water partition coefficient (Wildman–Crippen LogP) is 5.75. The quantitative estimate of drug-likeness (QED) is 0.201. The Labute approximate surface area is 238 Å². The SMILES string of the molecule is COC(=O)[C@H]1[C@@H]2C3(C)C(=O)O[C@]2(C=C[C@@H]3O[Si](C)(C)C)C2CCC3C[C@@]21C[C@@]3(CO[Si](C)(C)C)O[Si](C)(C)C. The number of methoxy groups -OCH3 is 1. The van der Waals surface area contributed by atoms with Crippen LogP contribution in [0.3, 0.4) is 0 Å². The lowest BCUT2D eigenvalue weighted by molar-refractivity contribution is -0.162. The lowest BCUT2D eigenvalue weighted by atomic mass is 9.61. The van der Waals surface area contributed by atoms with E-state index in [9.17, 15) is 9.59 Å². The maximum Gasteiger partial charge on any atom is 0.316 e. The third kappa shape index (κ3) is 4.42. The molecule has 5 aliphatic rings. The summed E-state index contributed by atoms with van der Waals surface area (Å²) in [6, 6.07) is 0. The molecule has 0 N–H and O–H groups in total. The van der Waals surface area contributed by atoms with Gasteiger partial charge in [-0.15, -0.1) is 0 Å². The highest BCUT2D eigenvalue weighted by Crippen LogP contribution is 2.78. The first-order chi connectivity index (χ1) is 17.7. The molecule has 4 fully saturated rings. The standard InChI is InChI=1S/C29H50O7Si3/c1-26-21(35-38(6,7)8)14-15-29(34-25(26)31)20-13-12-19-16-27(20,22(23(26)29)24(30)32-2)17-28(19,36-39(9,10)11)18-33-37(3,4)5/h14-15,19-23H,12-13,16-18H2,1-11H3/t19?,20?,21-,22+,23+,26?,27+,28-,29+/m0/s1. The molecule has 1 spiro atoms. The topological polar surface area (TPSA) is 80.3 Å². The Kier molecular flexibility index (Phi) is 6.75. The van der Waals surface area contributed by atoms with Crippen molar-refractivity contribution in [2.24, 2.45) is 34.5 Å². The summed E-state index contributed by atoms with van der Waals surface area (Å²) in [6.45, 7) is 22.4. The molecule has 5 rings (SSSR count). The minimum Gasteiger partial charge on any atom is -0.469 e. The number of carbonyl (C=O) groups is 2. The summed E-state index contributed by atoms with van der Waals surface area (Å²) in [7, 11) is -4.31. The van der Waals surface area contributed by atoms with Gasteiger partial charge in [-0.3, -0.25) is 9.59 Å². The van der Waals surface area contributed by atoms with Gasteiger partial charge in [0.2, 0.25) is 0 Å². The molecule has 0 amide bonds. The van der Waals surface area contributed by atoms with Gasteiger partial charge in [0.1, 0.15) is 11.0 Å². The van der Waals surface area contributed by atoms with Gasteiger partial charge in [-0.2, -0.15) is 0 Å². The Morgan fingerprint density at radius 2 is 1.69 bits per heavy atom. The minimum atomic E-state index is -2.00. The number of hydrogen-bond donors (Lipinski definition) is 0. The summed E-state index contributed by atoms with van der Waals surface area (Å²) in [6.07, 6.45) is 7.25. The van der Waals surface area contributed by atoms with Crippen molar-refractivity contribution in [2.75, 3.05) is 13.7 Å². The number of fused-ring (bicyclic) bond motifs is 1. The van der Waals surface area contributed by atoms with Crippen LogP contribution in [0.4, 0.5) is 0 Å². The maximum atomic E-state index is 14.0. The third-order valence-corrected chi connectivity index (χ3v) is 13.1. The van der Waals surface area contributed by atoms with Gasteiger partial charge in [0.25, 0.3) is 0 Å². The second-order valence-corrected chi connectivity index (χ2v) is 29.5. The molecular formula is C29H50O7Si3. The fourth-order valence-corrected chi connectivity index (χ4v) is 12.6. The fraction of sp³-hybridized carbons (Fsp3) is 0.862. The van der Waals surface area contributed by atoms with Crippen molar-refractivity contribution in [2.45, 2.75) is 109 Å². The molecule has 1 heterocycles. The van der Waals surface area contributed by atoms with Gasteiger partial charge in [0.15, 0.2) is 25.0 Å². The monoisotopic (exact) mass is 594 g/mol. The first-order valence-corrected chi connectivity index (χ1v) is 25.0. The number of carbonyl (C=O) groups excluding carboxylic acids is 2. The largest absolute Gasteiger partial charge is 0.469 e. The van der Waals surface area contributed by atoms with E-state index in [1.807, 2.05) is 6.92 Å². The molecule has 3 saturated carbocycles. The van der Waals surface area contributed by atoms with E-state index in [2.05, 4.69) is 71.1 Å². The van der Waals surface area contributed by atoms with E-state index in [1.165, 1.54) is 7.11 Å². The van der Waals surface area contributed by atoms with Gasteiger partial charge in [0.05, 0.1) is 31.3 Å². The van der Waals surface area contributed by atoms with Crippen molar-refractivity contribution in [3.63, 3.8) is 0 Å². The Morgan fingerprint density at radius 1 is 1.03 bits per heavy atom. The van der Waals surface area contributed by atoms with Crippen molar-refractivity contribution < 1.29 is 32.3 Å². The van der Waals surface area contributed by atoms with Crippen LogP contribution in [0.5, 0.6) is 0 Å². The number of ether oxygens (including phenoxy) is 2. The molecule has 4 bridgehead atoms. The Balaban J connectivity index is 1.65. The van der Waals surface area contributed by atoms with E-state index in [4.69, 9.17) is 22.8 Å². The molecule has 220 valence electrons. The van der Waals surface area contributed by atoms with Crippen LogP contribution in [0.2, 0.25) is 58.9 Å². The molecule has 1 saturated heterocycles. The average Bonchev–Trinajstić information content (AvgIpc) is 3.23. The van der Waals surface area contributed by atoms with E-state index in [1.54, 1.807) is 0 Å². The smallest absolute Gasteiger partial charge is 0.316 e. The van der Waals surface area contributed by atoms with Crippen LogP contribution in [0.1, 0.15) is 32.6 Å². The molecule has 0 aromatic rings. The predicted molar refractivity (Wildman–Crippen MR) is 158 cm³/mol. The summed E-state index contributed by atoms with van der Waals surface area (Å²) in [5, 5.41) is 0. The van der Waals surface area contributed by atoms with Gasteiger partial charge in [-0.1, -0.05) is 6.08 Å². The summed E-state index contributed by atoms with van der Waals surface area (Å²) in [5.41, 5.74) is -2.60. The maximum absolute atomic E-state index is 14.0. The van der Waals surface area contributed by atoms with Crippen LogP contribution in [0.15, 0.2) is 12.2 Å². The normalized spacial score (nSPS) is 44.7. The molecule has 3 unspecified atom stereocenters. The van der Waals surface area contributed by atoms with Gasteiger partial charge in [-0.05, 0) is 109 Å². The van der Waals surface area contributed by atoms with Gasteiger partial charge >= 0.3 is 11.9 Å². The lowest BCUT2D eigenvalue weighted by Gasteiger charge is -2.44. The van der Waals surface area contributed by atoms with Crippen LogP contribution in [-0.4, -0.2) is 67.9 Å². The molecule has 9 atom stereocenters. The first kappa shape index (κ1) is 29.7. The molecular weight excluding hydrogens is 545 g/mol. The highest BCUT2D eigenvalue weighted by molar-refractivity contribution is 6.70. The van der Waals surface area contributed by atoms with Crippen LogP contribution in [0.25, 0.3) is 0 Å². The Hall–Kier alpha value is -0.789. The highest BCUT2D eigenvalue weighted by Gasteiger charge is 2.84. The fourth-order valence-electron chi connectivity index (χ4n) is 9.28. The summed E-state index contributed by atoms with van der Waals surface area (Å²) >= 11 is 0. The molecule has 39 heavy (non-hydrogen) atoms. The first-order valence-electron chi connectivity index (χ1n) is 14.8. The molecule has 4 aliphatic carbocycles. The van der Waals surface area contributed by atoms with Crippen molar-refractivity contribution in [1.82, 2.24) is 0 Å². The number of hydrogen-bond acceptors (Lipinski definition) is 7. The summed E-state index contributed by atoms with van der Waals surface area (Å²) < 4.78 is 32.5. The molecule has 1 aliphatic heterocycles. The second-order valence-electron chi connectivity index (χ2n) is 16.1. The zero-order valence-electron chi connectivity index (χ0n) is 25.9. The molecule has 7 nitrogen and oxygen atoms in total. The van der Waals surface area contributed by atoms with E-state index >= 15 is 0 Å². The van der Waals surface area contributed by atoms with Crippen LogP contribution >= 0.6 is 0 Å². The second kappa shape index (κ2) is 8.86. The zero-order valence-corrected chi connectivity index (χ0v) is 28.9. The van der Waals surface area contributed by atoms with Crippen molar-refractivity contribution in [3.05, 3.63) is 12.2 Å². The van der Waals surface area contributed by atoms with Crippen LogP contribution in [-0.2, 0) is 32.3 Å². The van der Waals surface area contributed by atoms with Gasteiger partial charge in [-0.25, -0.2) is 0 Å². The highest BCUT2D eigenvalue weighted by atomic mass is 28.4. The summed E-state index contributed by atoms with van der Waals surface area (Å²) in [4.78, 5) is 27.8. The Bertz CT molecular complexity index is 1070. The molecule has 0 aromatic heterocycles. The van der Waals surface area contributed by atoms with Gasteiger partial charge < -0.3 is 22.8 Å². The lowest BCUT2D eigenvalue weighted by Crippen LogP contribution is -2.54. The molecule has 10 heteroatoms. The minimum absolute atomic E-state index is 0.0317. The van der Waals surface area contributed by atoms with E-state index < -0.39 is 53.6 Å². The van der Waals surface area contributed by atoms with Crippen molar-refractivity contribution in [3.8, 4) is 0 Å². The van der Waals surface area contributed by atoms with Crippen LogP contribution < -0.4 is 0 Å². The van der Waals surface area contributed by atoms with E-state index in [-0.39, 0.29) is 29.2 Å². The van der Waals surface area contributed by atoms with Crippen molar-refractivity contribution in [1.29, 1.82) is 0 Å². The average molecular weight is 595 g/mol. The number of esters is 2. The van der Waals surface area contributed by atoms with E-state index in [0.29, 0.717) is 12.5 Å². The van der Waals surface area contributed by atoms with Gasteiger partial charge in [0, 0.05) is 11.8 Å². The zero-order chi connectivity index (χ0) is 29.0. The molecule has 0 radical (unpaired) electrons. The van der Waals surface area contributed by atoms with E-state index in [0.717, 1.165) is 25.7 Å². The van der Waals surface area contributed by atoms with Crippen molar-refractivity contribution >= 4 is 36.9 Å². The molecule has 0 aromatic carbocycles. The summed E-state index contributed by atoms with van der Waals surface area (Å²) in [5.74, 6) is -0.945. The number of rotatable bonds is 8. The Morgan fingerprint density at radius 3 is 2.26 bits per heavy atom. The van der Waals surface area contributed by atoms with Crippen LogP contribution in [0, 0.1) is 34.5 Å². The third-order valence-electron chi connectivity index (χ3n) is 10.2.